The molecule has 1 saturated heterocycles. The second-order valence-corrected chi connectivity index (χ2v) is 3.82. The SMILES string of the molecule is Nc1nc(N)n(C2O[C@H](CO)[C@@H](O)[C@H]2O)c(=O)n1. The minimum absolute atomic E-state index is 0.303. The van der Waals surface area contributed by atoms with Gasteiger partial charge >= 0.3 is 5.69 Å². The number of hydrogen-bond donors (Lipinski definition) is 5. The van der Waals surface area contributed by atoms with Crippen molar-refractivity contribution in [2.24, 2.45) is 0 Å². The number of nitrogens with zero attached hydrogens (tertiary/aromatic N) is 3. The maximum absolute atomic E-state index is 11.6. The monoisotopic (exact) mass is 259 g/mol. The van der Waals surface area contributed by atoms with Crippen LogP contribution in [0.15, 0.2) is 4.79 Å². The zero-order valence-corrected chi connectivity index (χ0v) is 9.17. The molecule has 2 rings (SSSR count). The number of anilines is 2. The quantitative estimate of drug-likeness (QED) is 0.360. The molecule has 2 heterocycles. The summed E-state index contributed by atoms with van der Waals surface area (Å²) in [6.45, 7) is -0.515. The summed E-state index contributed by atoms with van der Waals surface area (Å²) in [5, 5.41) is 28.2. The van der Waals surface area contributed by atoms with Gasteiger partial charge in [0.25, 0.3) is 0 Å². The van der Waals surface area contributed by atoms with Crippen LogP contribution in [0.2, 0.25) is 0 Å². The van der Waals surface area contributed by atoms with E-state index in [2.05, 4.69) is 9.97 Å². The lowest BCUT2D eigenvalue weighted by Gasteiger charge is -2.18. The van der Waals surface area contributed by atoms with E-state index in [1.807, 2.05) is 0 Å². The largest absolute Gasteiger partial charge is 0.394 e. The van der Waals surface area contributed by atoms with Gasteiger partial charge in [-0.15, -0.1) is 0 Å². The van der Waals surface area contributed by atoms with E-state index in [4.69, 9.17) is 21.3 Å². The first-order chi connectivity index (χ1) is 8.45. The standard InChI is InChI=1S/C8H13N5O5/c9-6-11-7(10)13(8(17)12-6)5-4(16)3(15)2(1-14)18-5/h2-5,14-16H,1H2,(H4,9,10,11,12,17)/t2-,3-,4-,5?/m1/s1. The van der Waals surface area contributed by atoms with Gasteiger partial charge in [-0.05, 0) is 0 Å². The Morgan fingerprint density at radius 2 is 1.94 bits per heavy atom. The molecule has 0 amide bonds. The molecule has 4 atom stereocenters. The summed E-state index contributed by atoms with van der Waals surface area (Å²) >= 11 is 0. The molecule has 1 aliphatic rings. The molecule has 0 saturated carbocycles. The lowest BCUT2D eigenvalue weighted by molar-refractivity contribution is -0.0542. The van der Waals surface area contributed by atoms with E-state index in [0.29, 0.717) is 0 Å². The number of rotatable bonds is 2. The summed E-state index contributed by atoms with van der Waals surface area (Å²) in [4.78, 5) is 18.5. The number of nitrogen functional groups attached to an aromatic ring is 2. The van der Waals surface area contributed by atoms with Gasteiger partial charge in [0.2, 0.25) is 11.9 Å². The normalized spacial score (nSPS) is 31.7. The topological polar surface area (TPSA) is 170 Å². The molecule has 0 bridgehead atoms. The Morgan fingerprint density at radius 3 is 2.44 bits per heavy atom. The van der Waals surface area contributed by atoms with Crippen molar-refractivity contribution in [2.75, 3.05) is 18.1 Å². The van der Waals surface area contributed by atoms with Crippen molar-refractivity contribution in [3.05, 3.63) is 10.5 Å². The van der Waals surface area contributed by atoms with Gasteiger partial charge in [-0.1, -0.05) is 0 Å². The van der Waals surface area contributed by atoms with E-state index >= 15 is 0 Å². The molecular formula is C8H13N5O5. The van der Waals surface area contributed by atoms with Crippen LogP contribution in [0.25, 0.3) is 0 Å². The molecule has 1 unspecified atom stereocenters. The fourth-order valence-corrected chi connectivity index (χ4v) is 1.78. The Hall–Kier alpha value is -1.75. The third kappa shape index (κ3) is 1.90. The average Bonchev–Trinajstić information content (AvgIpc) is 2.56. The van der Waals surface area contributed by atoms with Gasteiger partial charge < -0.3 is 31.5 Å². The summed E-state index contributed by atoms with van der Waals surface area (Å²) in [6, 6.07) is 0. The molecule has 0 aromatic carbocycles. The van der Waals surface area contributed by atoms with Crippen molar-refractivity contribution in [3.8, 4) is 0 Å². The van der Waals surface area contributed by atoms with Gasteiger partial charge in [0.15, 0.2) is 6.23 Å². The Bertz CT molecular complexity index is 505. The summed E-state index contributed by atoms with van der Waals surface area (Å²) in [5.74, 6) is -0.608. The van der Waals surface area contributed by atoms with Crippen molar-refractivity contribution < 1.29 is 20.1 Å². The number of aliphatic hydroxyl groups excluding tert-OH is 3. The van der Waals surface area contributed by atoms with Crippen LogP contribution in [-0.4, -0.2) is 54.8 Å². The molecule has 7 N–H and O–H groups in total. The molecule has 0 radical (unpaired) electrons. The lowest BCUT2D eigenvalue weighted by atomic mass is 10.1. The van der Waals surface area contributed by atoms with Crippen molar-refractivity contribution in [1.82, 2.24) is 14.5 Å². The zero-order valence-electron chi connectivity index (χ0n) is 9.17. The number of aromatic nitrogens is 3. The van der Waals surface area contributed by atoms with E-state index in [0.717, 1.165) is 4.57 Å². The summed E-state index contributed by atoms with van der Waals surface area (Å²) in [7, 11) is 0. The average molecular weight is 259 g/mol. The molecule has 1 aliphatic heterocycles. The first-order valence-corrected chi connectivity index (χ1v) is 5.09. The molecule has 18 heavy (non-hydrogen) atoms. The van der Waals surface area contributed by atoms with Gasteiger partial charge in [0.05, 0.1) is 6.61 Å². The van der Waals surface area contributed by atoms with Crippen LogP contribution in [0.4, 0.5) is 11.9 Å². The lowest BCUT2D eigenvalue weighted by Crippen LogP contribution is -2.37. The second kappa shape index (κ2) is 4.49. The van der Waals surface area contributed by atoms with E-state index in [-0.39, 0.29) is 11.9 Å². The van der Waals surface area contributed by atoms with Crippen LogP contribution < -0.4 is 17.2 Å². The molecular weight excluding hydrogens is 246 g/mol. The Morgan fingerprint density at radius 1 is 1.28 bits per heavy atom. The third-order valence-electron chi connectivity index (χ3n) is 2.66. The number of ether oxygens (including phenoxy) is 1. The van der Waals surface area contributed by atoms with Gasteiger partial charge in [-0.2, -0.15) is 9.97 Å². The minimum atomic E-state index is -1.44. The summed E-state index contributed by atoms with van der Waals surface area (Å²) < 4.78 is 5.90. The highest BCUT2D eigenvalue weighted by molar-refractivity contribution is 5.26. The zero-order chi connectivity index (χ0) is 13.4. The van der Waals surface area contributed by atoms with Crippen molar-refractivity contribution >= 4 is 11.9 Å². The van der Waals surface area contributed by atoms with Crippen LogP contribution in [0.3, 0.4) is 0 Å². The Balaban J connectivity index is 2.42. The minimum Gasteiger partial charge on any atom is -0.394 e. The molecule has 100 valence electrons. The highest BCUT2D eigenvalue weighted by Gasteiger charge is 2.44. The molecule has 1 aromatic heterocycles. The predicted molar refractivity (Wildman–Crippen MR) is 58.1 cm³/mol. The van der Waals surface area contributed by atoms with E-state index < -0.39 is 36.8 Å². The summed E-state index contributed by atoms with van der Waals surface area (Å²) in [5.41, 5.74) is 9.86. The molecule has 10 heteroatoms. The van der Waals surface area contributed by atoms with Crippen LogP contribution in [0, 0.1) is 0 Å². The first-order valence-electron chi connectivity index (χ1n) is 5.09. The number of hydrogen-bond acceptors (Lipinski definition) is 9. The van der Waals surface area contributed by atoms with Gasteiger partial charge in [0, 0.05) is 0 Å². The smallest absolute Gasteiger partial charge is 0.355 e. The maximum Gasteiger partial charge on any atom is 0.355 e. The maximum atomic E-state index is 11.6. The summed E-state index contributed by atoms with van der Waals surface area (Å²) in [6.07, 6.45) is -5.07. The third-order valence-corrected chi connectivity index (χ3v) is 2.66. The van der Waals surface area contributed by atoms with E-state index in [1.165, 1.54) is 0 Å². The van der Waals surface area contributed by atoms with Crippen LogP contribution in [-0.2, 0) is 4.74 Å². The van der Waals surface area contributed by atoms with Crippen molar-refractivity contribution in [1.29, 1.82) is 0 Å². The fraction of sp³-hybridized carbons (Fsp3) is 0.625. The molecule has 1 fully saturated rings. The first kappa shape index (κ1) is 12.7. The Labute approximate surface area is 100 Å². The fourth-order valence-electron chi connectivity index (χ4n) is 1.78. The van der Waals surface area contributed by atoms with E-state index in [9.17, 15) is 15.0 Å². The van der Waals surface area contributed by atoms with Crippen molar-refractivity contribution in [2.45, 2.75) is 24.5 Å². The molecule has 10 nitrogen and oxygen atoms in total. The number of nitrogens with two attached hydrogens (primary N) is 2. The van der Waals surface area contributed by atoms with Crippen LogP contribution in [0.5, 0.6) is 0 Å². The van der Waals surface area contributed by atoms with Gasteiger partial charge in [0.1, 0.15) is 18.3 Å². The highest BCUT2D eigenvalue weighted by atomic mass is 16.6. The van der Waals surface area contributed by atoms with Crippen LogP contribution in [0.1, 0.15) is 6.23 Å². The van der Waals surface area contributed by atoms with Gasteiger partial charge in [-0.3, -0.25) is 0 Å². The predicted octanol–water partition coefficient (Wildman–Crippen LogP) is -3.59. The number of aliphatic hydroxyl groups is 3. The highest BCUT2D eigenvalue weighted by Crippen LogP contribution is 2.29. The molecule has 0 spiro atoms. The van der Waals surface area contributed by atoms with Crippen molar-refractivity contribution in [3.63, 3.8) is 0 Å². The van der Waals surface area contributed by atoms with Gasteiger partial charge in [-0.25, -0.2) is 9.36 Å². The van der Waals surface area contributed by atoms with Crippen LogP contribution >= 0.6 is 0 Å². The Kier molecular flexibility index (Phi) is 3.17. The second-order valence-electron chi connectivity index (χ2n) is 3.82. The molecule has 0 aliphatic carbocycles. The van der Waals surface area contributed by atoms with E-state index in [1.54, 1.807) is 0 Å². The molecule has 1 aromatic rings.